The standard InChI is InChI=1S/C17H25BN2O5S/c1-10-13(14(15(22)23)20(7)19-10)8-12(9-26-11(2)21)18-24-16(3,4)17(5,6)25-18/h8H,9H2,1-7H3,(H,22,23). The molecule has 0 aromatic carbocycles. The van der Waals surface area contributed by atoms with Gasteiger partial charge in [-0.1, -0.05) is 17.8 Å². The van der Waals surface area contributed by atoms with Crippen LogP contribution in [0.1, 0.15) is 56.4 Å². The highest BCUT2D eigenvalue weighted by Crippen LogP contribution is 2.39. The van der Waals surface area contributed by atoms with Crippen molar-refractivity contribution in [1.82, 2.24) is 9.78 Å². The molecule has 1 fully saturated rings. The molecular weight excluding hydrogens is 355 g/mol. The highest BCUT2D eigenvalue weighted by molar-refractivity contribution is 8.13. The zero-order valence-electron chi connectivity index (χ0n) is 16.2. The zero-order chi connectivity index (χ0) is 19.9. The van der Waals surface area contributed by atoms with Crippen LogP contribution >= 0.6 is 11.8 Å². The molecule has 0 amide bonds. The van der Waals surface area contributed by atoms with Crippen LogP contribution in [-0.4, -0.2) is 50.0 Å². The molecule has 0 radical (unpaired) electrons. The molecule has 1 saturated heterocycles. The first-order chi connectivity index (χ1) is 11.9. The van der Waals surface area contributed by atoms with E-state index in [9.17, 15) is 14.7 Å². The number of carboxylic acids is 1. The number of aromatic carboxylic acids is 1. The van der Waals surface area contributed by atoms with Gasteiger partial charge in [0.25, 0.3) is 0 Å². The van der Waals surface area contributed by atoms with Gasteiger partial charge in [0.1, 0.15) is 0 Å². The Morgan fingerprint density at radius 1 is 1.27 bits per heavy atom. The van der Waals surface area contributed by atoms with E-state index in [0.717, 1.165) is 11.8 Å². The number of thioether (sulfide) groups is 1. The maximum atomic E-state index is 11.6. The second-order valence-electron chi connectivity index (χ2n) is 7.36. The monoisotopic (exact) mass is 380 g/mol. The van der Waals surface area contributed by atoms with E-state index in [1.54, 1.807) is 20.0 Å². The van der Waals surface area contributed by atoms with E-state index < -0.39 is 24.3 Å². The summed E-state index contributed by atoms with van der Waals surface area (Å²) in [6, 6.07) is 0. The van der Waals surface area contributed by atoms with Gasteiger partial charge >= 0.3 is 13.1 Å². The Balaban J connectivity index is 2.49. The quantitative estimate of drug-likeness (QED) is 0.786. The van der Waals surface area contributed by atoms with Gasteiger partial charge in [0.05, 0.1) is 16.9 Å². The van der Waals surface area contributed by atoms with Crippen molar-refractivity contribution in [3.05, 3.63) is 22.4 Å². The molecule has 0 unspecified atom stereocenters. The minimum absolute atomic E-state index is 0.0335. The lowest BCUT2D eigenvalue weighted by Gasteiger charge is -2.32. The molecule has 1 N–H and O–H groups in total. The van der Waals surface area contributed by atoms with Crippen LogP contribution in [0.25, 0.3) is 6.08 Å². The zero-order valence-corrected chi connectivity index (χ0v) is 17.1. The number of aromatic nitrogens is 2. The first kappa shape index (κ1) is 20.7. The molecular formula is C17H25BN2O5S. The van der Waals surface area contributed by atoms with E-state index in [1.165, 1.54) is 11.6 Å². The fourth-order valence-electron chi connectivity index (χ4n) is 2.64. The first-order valence-electron chi connectivity index (χ1n) is 8.32. The molecule has 1 aromatic rings. The Bertz CT molecular complexity index is 753. The summed E-state index contributed by atoms with van der Waals surface area (Å²) in [7, 11) is 0.931. The molecule has 0 saturated carbocycles. The SMILES string of the molecule is CC(=O)SCC(=Cc1c(C)nn(C)c1C(=O)O)B1OC(C)(C)C(C)(C)O1. The van der Waals surface area contributed by atoms with E-state index in [4.69, 9.17) is 9.31 Å². The average Bonchev–Trinajstić information content (AvgIpc) is 2.86. The van der Waals surface area contributed by atoms with Gasteiger partial charge in [-0.25, -0.2) is 4.79 Å². The van der Waals surface area contributed by atoms with Crippen LogP contribution in [0.5, 0.6) is 0 Å². The van der Waals surface area contributed by atoms with Crippen LogP contribution in [0, 0.1) is 6.92 Å². The van der Waals surface area contributed by atoms with Gasteiger partial charge in [-0.05, 0) is 40.1 Å². The van der Waals surface area contributed by atoms with Crippen LogP contribution in [0.4, 0.5) is 0 Å². The largest absolute Gasteiger partial charge is 0.491 e. The number of carbonyl (C=O) groups is 2. The number of rotatable bonds is 5. The van der Waals surface area contributed by atoms with Crippen molar-refractivity contribution in [1.29, 1.82) is 0 Å². The Hall–Kier alpha value is -1.58. The van der Waals surface area contributed by atoms with Crippen molar-refractivity contribution in [2.45, 2.75) is 52.7 Å². The highest BCUT2D eigenvalue weighted by atomic mass is 32.2. The number of nitrogens with zero attached hydrogens (tertiary/aromatic N) is 2. The summed E-state index contributed by atoms with van der Waals surface area (Å²) in [5.74, 6) is -0.716. The Morgan fingerprint density at radius 3 is 2.27 bits per heavy atom. The first-order valence-corrected chi connectivity index (χ1v) is 9.30. The van der Waals surface area contributed by atoms with E-state index in [1.807, 2.05) is 27.7 Å². The molecule has 142 valence electrons. The van der Waals surface area contributed by atoms with Gasteiger partial charge < -0.3 is 14.4 Å². The second kappa shape index (κ2) is 7.21. The van der Waals surface area contributed by atoms with Crippen LogP contribution < -0.4 is 0 Å². The molecule has 0 atom stereocenters. The topological polar surface area (TPSA) is 90.7 Å². The summed E-state index contributed by atoms with van der Waals surface area (Å²) in [5.41, 5.74) is 0.807. The van der Waals surface area contributed by atoms with Gasteiger partial charge in [0.2, 0.25) is 0 Å². The third kappa shape index (κ3) is 4.05. The van der Waals surface area contributed by atoms with E-state index >= 15 is 0 Å². The normalized spacial score (nSPS) is 19.0. The number of carbonyl (C=O) groups excluding carboxylic acids is 1. The Morgan fingerprint density at radius 2 is 1.81 bits per heavy atom. The molecule has 1 aromatic heterocycles. The third-order valence-corrected chi connectivity index (χ3v) is 5.68. The summed E-state index contributed by atoms with van der Waals surface area (Å²) < 4.78 is 13.5. The van der Waals surface area contributed by atoms with Gasteiger partial charge in [0, 0.05) is 25.3 Å². The second-order valence-corrected chi connectivity index (χ2v) is 8.52. The lowest BCUT2D eigenvalue weighted by atomic mass is 9.78. The Kier molecular flexibility index (Phi) is 5.75. The number of hydrogen-bond donors (Lipinski definition) is 1. The maximum absolute atomic E-state index is 11.6. The molecule has 0 aliphatic carbocycles. The minimum Gasteiger partial charge on any atom is -0.477 e. The fourth-order valence-corrected chi connectivity index (χ4v) is 3.23. The molecule has 0 spiro atoms. The Labute approximate surface area is 158 Å². The van der Waals surface area contributed by atoms with Crippen molar-refractivity contribution in [3.63, 3.8) is 0 Å². The van der Waals surface area contributed by atoms with E-state index in [0.29, 0.717) is 22.5 Å². The van der Waals surface area contributed by atoms with Crippen molar-refractivity contribution in [2.24, 2.45) is 7.05 Å². The average molecular weight is 380 g/mol. The predicted octanol–water partition coefficient (Wildman–Crippen LogP) is 2.72. The van der Waals surface area contributed by atoms with Crippen LogP contribution in [0.3, 0.4) is 0 Å². The smallest absolute Gasteiger partial charge is 0.477 e. The van der Waals surface area contributed by atoms with Crippen molar-refractivity contribution in [2.75, 3.05) is 5.75 Å². The summed E-state index contributed by atoms with van der Waals surface area (Å²) in [5, 5.41) is 13.7. The molecule has 2 heterocycles. The predicted molar refractivity (Wildman–Crippen MR) is 102 cm³/mol. The van der Waals surface area contributed by atoms with Gasteiger partial charge in [-0.2, -0.15) is 5.10 Å². The van der Waals surface area contributed by atoms with Gasteiger partial charge in [-0.15, -0.1) is 0 Å². The molecule has 1 aliphatic rings. The summed E-state index contributed by atoms with van der Waals surface area (Å²) in [6.45, 7) is 11.0. The van der Waals surface area contributed by atoms with Crippen LogP contribution in [0.2, 0.25) is 0 Å². The van der Waals surface area contributed by atoms with Gasteiger partial charge in [0.15, 0.2) is 10.8 Å². The molecule has 0 bridgehead atoms. The molecule has 26 heavy (non-hydrogen) atoms. The fraction of sp³-hybridized carbons (Fsp3) is 0.588. The van der Waals surface area contributed by atoms with Crippen molar-refractivity contribution >= 4 is 36.0 Å². The van der Waals surface area contributed by atoms with E-state index in [-0.39, 0.29) is 10.8 Å². The van der Waals surface area contributed by atoms with Crippen molar-refractivity contribution in [3.8, 4) is 0 Å². The summed E-state index contributed by atoms with van der Waals surface area (Å²) in [6.07, 6.45) is 1.73. The lowest BCUT2D eigenvalue weighted by molar-refractivity contribution is -0.109. The number of hydrogen-bond acceptors (Lipinski definition) is 6. The van der Waals surface area contributed by atoms with Gasteiger partial charge in [-0.3, -0.25) is 9.48 Å². The van der Waals surface area contributed by atoms with E-state index in [2.05, 4.69) is 5.10 Å². The molecule has 1 aliphatic heterocycles. The lowest BCUT2D eigenvalue weighted by Crippen LogP contribution is -2.41. The van der Waals surface area contributed by atoms with Crippen LogP contribution in [0.15, 0.2) is 5.47 Å². The number of carboxylic acid groups (broad SMARTS) is 1. The maximum Gasteiger partial charge on any atom is 0.491 e. The third-order valence-electron chi connectivity index (χ3n) is 4.80. The molecule has 9 heteroatoms. The van der Waals surface area contributed by atoms with Crippen LogP contribution in [-0.2, 0) is 21.2 Å². The number of aryl methyl sites for hydroxylation is 2. The summed E-state index contributed by atoms with van der Waals surface area (Å²) in [4.78, 5) is 23.1. The minimum atomic E-state index is -1.06. The van der Waals surface area contributed by atoms with Crippen molar-refractivity contribution < 1.29 is 24.0 Å². The highest BCUT2D eigenvalue weighted by Gasteiger charge is 2.52. The molecule has 2 rings (SSSR count). The summed E-state index contributed by atoms with van der Waals surface area (Å²) >= 11 is 1.13. The molecule has 7 nitrogen and oxygen atoms in total.